The Balaban J connectivity index is 3.47. The van der Waals surface area contributed by atoms with Crippen LogP contribution in [0.25, 0.3) is 0 Å². The fourth-order valence-corrected chi connectivity index (χ4v) is 1.12. The fraction of sp³-hybridized carbons (Fsp3) is 0.800. The van der Waals surface area contributed by atoms with Gasteiger partial charge in [-0.05, 0) is 19.4 Å². The van der Waals surface area contributed by atoms with E-state index in [0.717, 1.165) is 25.8 Å². The van der Waals surface area contributed by atoms with Gasteiger partial charge in [0.05, 0.1) is 6.04 Å². The van der Waals surface area contributed by atoms with Gasteiger partial charge in [0.15, 0.2) is 0 Å². The molecule has 0 rings (SSSR count). The molecule has 0 amide bonds. The molecule has 0 saturated carbocycles. The number of hydrogen-bond acceptors (Lipinski definition) is 3. The van der Waals surface area contributed by atoms with Crippen LogP contribution in [0.2, 0.25) is 0 Å². The van der Waals surface area contributed by atoms with Gasteiger partial charge in [-0.2, -0.15) is 0 Å². The number of unbranched alkanes of at least 4 members (excludes halogenated alkanes) is 2. The maximum Gasteiger partial charge on any atom is 0.303 e. The summed E-state index contributed by atoms with van der Waals surface area (Å²) in [6.07, 6.45) is 5.42. The smallest absolute Gasteiger partial charge is 0.303 e. The first-order valence-electron chi connectivity index (χ1n) is 5.03. The second-order valence-electron chi connectivity index (χ2n) is 3.26. The molecule has 1 radical (unpaired) electrons. The van der Waals surface area contributed by atoms with Crippen LogP contribution >= 0.6 is 0 Å². The Kier molecular flexibility index (Phi) is 8.13. The minimum atomic E-state index is -0.874. The minimum absolute atomic E-state index is 0.0146. The maximum atomic E-state index is 10.4. The van der Waals surface area contributed by atoms with Crippen LogP contribution in [0.3, 0.4) is 0 Å². The van der Waals surface area contributed by atoms with Gasteiger partial charge in [-0.3, -0.25) is 9.59 Å². The van der Waals surface area contributed by atoms with Gasteiger partial charge in [0, 0.05) is 6.42 Å². The molecule has 0 aliphatic heterocycles. The molecule has 1 atom stereocenters. The lowest BCUT2D eigenvalue weighted by molar-refractivity contribution is -0.137. The number of hydrogen-bond donors (Lipinski definition) is 2. The van der Waals surface area contributed by atoms with Crippen molar-refractivity contribution in [3.63, 3.8) is 0 Å². The Morgan fingerprint density at radius 2 is 2.21 bits per heavy atom. The fourth-order valence-electron chi connectivity index (χ4n) is 1.12. The summed E-state index contributed by atoms with van der Waals surface area (Å²) in [5.41, 5.74) is 0. The summed E-state index contributed by atoms with van der Waals surface area (Å²) >= 11 is 0. The second-order valence-corrected chi connectivity index (χ2v) is 3.26. The molecule has 0 aromatic carbocycles. The minimum Gasteiger partial charge on any atom is -0.481 e. The Bertz CT molecular complexity index is 171. The zero-order valence-electron chi connectivity index (χ0n) is 8.58. The van der Waals surface area contributed by atoms with Crippen molar-refractivity contribution in [2.24, 2.45) is 0 Å². The van der Waals surface area contributed by atoms with Crippen molar-refractivity contribution in [1.29, 1.82) is 0 Å². The lowest BCUT2D eigenvalue weighted by Crippen LogP contribution is -2.31. The van der Waals surface area contributed by atoms with E-state index in [0.29, 0.717) is 6.42 Å². The molecule has 0 fully saturated rings. The Hall–Kier alpha value is -0.900. The summed E-state index contributed by atoms with van der Waals surface area (Å²) in [5, 5.41) is 11.4. The van der Waals surface area contributed by atoms with Crippen LogP contribution in [-0.2, 0) is 9.59 Å². The quantitative estimate of drug-likeness (QED) is 0.547. The van der Waals surface area contributed by atoms with Gasteiger partial charge in [0.25, 0.3) is 0 Å². The number of rotatable bonds is 9. The molecule has 0 aliphatic rings. The van der Waals surface area contributed by atoms with E-state index in [2.05, 4.69) is 12.2 Å². The van der Waals surface area contributed by atoms with Crippen molar-refractivity contribution in [3.05, 3.63) is 0 Å². The lowest BCUT2D eigenvalue weighted by atomic mass is 10.1. The van der Waals surface area contributed by atoms with Crippen molar-refractivity contribution >= 4 is 12.3 Å². The normalized spacial score (nSPS) is 12.4. The summed E-state index contributed by atoms with van der Waals surface area (Å²) in [6.45, 7) is 2.86. The largest absolute Gasteiger partial charge is 0.481 e. The molecule has 0 saturated heterocycles. The summed E-state index contributed by atoms with van der Waals surface area (Å²) in [4.78, 5) is 20.6. The topological polar surface area (TPSA) is 66.4 Å². The first kappa shape index (κ1) is 13.1. The van der Waals surface area contributed by atoms with Crippen LogP contribution in [0.5, 0.6) is 0 Å². The third-order valence-electron chi connectivity index (χ3n) is 1.96. The average molecular weight is 200 g/mol. The number of carbonyl (C=O) groups excluding carboxylic acids is 1. The molecule has 0 aromatic heterocycles. The van der Waals surface area contributed by atoms with E-state index < -0.39 is 12.0 Å². The maximum absolute atomic E-state index is 10.4. The van der Waals surface area contributed by atoms with E-state index in [1.54, 1.807) is 0 Å². The molecule has 0 aliphatic carbocycles. The molecule has 0 spiro atoms. The monoisotopic (exact) mass is 200 g/mol. The SMILES string of the molecule is CCCCCN[C@@H]([C]=O)CCC(=O)O. The molecular weight excluding hydrogens is 182 g/mol. The Morgan fingerprint density at radius 3 is 2.71 bits per heavy atom. The van der Waals surface area contributed by atoms with Crippen LogP contribution in [0.4, 0.5) is 0 Å². The molecule has 0 aromatic rings. The van der Waals surface area contributed by atoms with Crippen molar-refractivity contribution in [3.8, 4) is 0 Å². The first-order chi connectivity index (χ1) is 6.70. The van der Waals surface area contributed by atoms with E-state index >= 15 is 0 Å². The number of carboxylic acids is 1. The van der Waals surface area contributed by atoms with Crippen LogP contribution in [0, 0.1) is 0 Å². The van der Waals surface area contributed by atoms with Crippen LogP contribution in [0.1, 0.15) is 39.0 Å². The third kappa shape index (κ3) is 7.73. The van der Waals surface area contributed by atoms with Crippen molar-refractivity contribution in [2.45, 2.75) is 45.1 Å². The molecular formula is C10H18NO3. The molecule has 81 valence electrons. The molecule has 4 nitrogen and oxygen atoms in total. The van der Waals surface area contributed by atoms with Crippen LogP contribution in [-0.4, -0.2) is 29.9 Å². The standard InChI is InChI=1S/C10H18NO3/c1-2-3-4-7-11-9(8-12)5-6-10(13)14/h9,11H,2-7H2,1H3,(H,13,14)/t9-/m1/s1. The van der Waals surface area contributed by atoms with E-state index in [1.165, 1.54) is 0 Å². The van der Waals surface area contributed by atoms with Gasteiger partial charge in [-0.1, -0.05) is 19.8 Å². The zero-order chi connectivity index (χ0) is 10.8. The highest BCUT2D eigenvalue weighted by molar-refractivity contribution is 5.68. The van der Waals surface area contributed by atoms with Crippen molar-refractivity contribution in [2.75, 3.05) is 6.54 Å². The van der Waals surface area contributed by atoms with E-state index in [4.69, 9.17) is 5.11 Å². The van der Waals surface area contributed by atoms with Crippen LogP contribution < -0.4 is 5.32 Å². The highest BCUT2D eigenvalue weighted by Gasteiger charge is 2.09. The van der Waals surface area contributed by atoms with E-state index in [1.807, 2.05) is 6.29 Å². The summed E-state index contributed by atoms with van der Waals surface area (Å²) in [6, 6.07) is -0.428. The molecule has 2 N–H and O–H groups in total. The number of aliphatic carboxylic acids is 1. The Morgan fingerprint density at radius 1 is 1.50 bits per heavy atom. The van der Waals surface area contributed by atoms with Crippen LogP contribution in [0.15, 0.2) is 0 Å². The summed E-state index contributed by atoms with van der Waals surface area (Å²) in [5.74, 6) is -0.874. The summed E-state index contributed by atoms with van der Waals surface area (Å²) in [7, 11) is 0. The highest BCUT2D eigenvalue weighted by atomic mass is 16.4. The number of carbonyl (C=O) groups is 1. The second kappa shape index (κ2) is 8.69. The summed E-state index contributed by atoms with van der Waals surface area (Å²) < 4.78 is 0. The van der Waals surface area contributed by atoms with Gasteiger partial charge in [0.1, 0.15) is 0 Å². The Labute approximate surface area is 84.7 Å². The molecule has 4 heteroatoms. The third-order valence-corrected chi connectivity index (χ3v) is 1.96. The lowest BCUT2D eigenvalue weighted by Gasteiger charge is -2.09. The van der Waals surface area contributed by atoms with Gasteiger partial charge >= 0.3 is 5.97 Å². The van der Waals surface area contributed by atoms with Gasteiger partial charge in [0.2, 0.25) is 6.29 Å². The van der Waals surface area contributed by atoms with Gasteiger partial charge < -0.3 is 10.4 Å². The van der Waals surface area contributed by atoms with Gasteiger partial charge in [-0.15, -0.1) is 0 Å². The predicted octanol–water partition coefficient (Wildman–Crippen LogP) is 1.11. The van der Waals surface area contributed by atoms with Gasteiger partial charge in [-0.25, -0.2) is 0 Å². The zero-order valence-corrected chi connectivity index (χ0v) is 8.58. The van der Waals surface area contributed by atoms with E-state index in [9.17, 15) is 9.59 Å². The number of carboxylic acid groups (broad SMARTS) is 1. The molecule has 0 bridgehead atoms. The van der Waals surface area contributed by atoms with Crippen molar-refractivity contribution in [1.82, 2.24) is 5.32 Å². The van der Waals surface area contributed by atoms with Crippen molar-refractivity contribution < 1.29 is 14.7 Å². The molecule has 0 heterocycles. The average Bonchev–Trinajstić information content (AvgIpc) is 2.16. The highest BCUT2D eigenvalue weighted by Crippen LogP contribution is 1.97. The first-order valence-corrected chi connectivity index (χ1v) is 5.03. The predicted molar refractivity (Wildman–Crippen MR) is 53.9 cm³/mol. The number of nitrogens with one attached hydrogen (secondary N) is 1. The molecule has 14 heavy (non-hydrogen) atoms. The molecule has 0 unspecified atom stereocenters. The van der Waals surface area contributed by atoms with E-state index in [-0.39, 0.29) is 6.42 Å².